The number of nitrogens with zero attached hydrogens (tertiary/aromatic N) is 1. The average molecular weight is 248 g/mol. The van der Waals surface area contributed by atoms with Crippen LogP contribution in [0.3, 0.4) is 0 Å². The molecule has 1 N–H and O–H groups in total. The normalized spacial score (nSPS) is 18.5. The van der Waals surface area contributed by atoms with Gasteiger partial charge in [0.05, 0.1) is 12.2 Å². The van der Waals surface area contributed by atoms with Crippen molar-refractivity contribution in [1.82, 2.24) is 9.62 Å². The van der Waals surface area contributed by atoms with Crippen molar-refractivity contribution in [2.75, 3.05) is 25.9 Å². The predicted octanol–water partition coefficient (Wildman–Crippen LogP) is 0.0401. The molecule has 1 fully saturated rings. The Balaban J connectivity index is 2.22. The molecule has 5 nitrogen and oxygen atoms in total. The van der Waals surface area contributed by atoms with E-state index in [0.29, 0.717) is 25.6 Å². The highest BCUT2D eigenvalue weighted by Crippen LogP contribution is 2.18. The van der Waals surface area contributed by atoms with Crippen molar-refractivity contribution in [2.24, 2.45) is 11.8 Å². The number of hydrogen-bond donors (Lipinski definition) is 1. The predicted molar refractivity (Wildman–Crippen MR) is 62.4 cm³/mol. The molecule has 0 aliphatic carbocycles. The fraction of sp³-hybridized carbons (Fsp3) is 0.900. The molecule has 0 atom stereocenters. The third-order valence-corrected chi connectivity index (χ3v) is 3.94. The molecule has 0 bridgehead atoms. The molecule has 1 saturated heterocycles. The van der Waals surface area contributed by atoms with Gasteiger partial charge in [0.2, 0.25) is 15.9 Å². The van der Waals surface area contributed by atoms with Crippen molar-refractivity contribution in [1.29, 1.82) is 0 Å². The van der Waals surface area contributed by atoms with Crippen molar-refractivity contribution < 1.29 is 13.2 Å². The highest BCUT2D eigenvalue weighted by molar-refractivity contribution is 7.88. The molecule has 0 aromatic rings. The fourth-order valence-electron chi connectivity index (χ4n) is 1.50. The topological polar surface area (TPSA) is 66.5 Å². The van der Waals surface area contributed by atoms with Crippen LogP contribution in [0.15, 0.2) is 0 Å². The summed E-state index contributed by atoms with van der Waals surface area (Å²) >= 11 is 0. The Labute approximate surface area is 97.2 Å². The van der Waals surface area contributed by atoms with Gasteiger partial charge in [0, 0.05) is 19.6 Å². The van der Waals surface area contributed by atoms with Gasteiger partial charge in [-0.3, -0.25) is 4.79 Å². The summed E-state index contributed by atoms with van der Waals surface area (Å²) in [5, 5.41) is 2.83. The molecule has 0 saturated carbocycles. The van der Waals surface area contributed by atoms with Crippen LogP contribution in [0, 0.1) is 11.8 Å². The quantitative estimate of drug-likeness (QED) is 0.747. The number of carbonyl (C=O) groups is 1. The number of amides is 1. The van der Waals surface area contributed by atoms with Crippen LogP contribution in [-0.4, -0.2) is 44.5 Å². The van der Waals surface area contributed by atoms with E-state index in [4.69, 9.17) is 0 Å². The molecule has 0 spiro atoms. The second-order valence-electron chi connectivity index (χ2n) is 4.75. The van der Waals surface area contributed by atoms with Gasteiger partial charge in [-0.2, -0.15) is 0 Å². The van der Waals surface area contributed by atoms with Gasteiger partial charge >= 0.3 is 0 Å². The second kappa shape index (κ2) is 5.14. The van der Waals surface area contributed by atoms with E-state index in [1.807, 2.05) is 0 Å². The van der Waals surface area contributed by atoms with Gasteiger partial charge in [0.25, 0.3) is 0 Å². The van der Waals surface area contributed by atoms with E-state index in [-0.39, 0.29) is 11.8 Å². The van der Waals surface area contributed by atoms with Crippen LogP contribution in [0.25, 0.3) is 0 Å². The molecule has 0 unspecified atom stereocenters. The largest absolute Gasteiger partial charge is 0.356 e. The molecule has 6 heteroatoms. The van der Waals surface area contributed by atoms with Crippen molar-refractivity contribution in [3.8, 4) is 0 Å². The Bertz CT molecular complexity index is 345. The number of sulfonamides is 1. The molecular weight excluding hydrogens is 228 g/mol. The zero-order valence-corrected chi connectivity index (χ0v) is 10.9. The Hall–Kier alpha value is -0.620. The smallest absolute Gasteiger partial charge is 0.225 e. The fourth-order valence-corrected chi connectivity index (χ4v) is 2.40. The molecule has 0 radical (unpaired) electrons. The Kier molecular flexibility index (Phi) is 4.32. The number of rotatable bonds is 5. The lowest BCUT2D eigenvalue weighted by Gasteiger charge is -2.35. The van der Waals surface area contributed by atoms with E-state index in [1.54, 1.807) is 0 Å². The molecule has 0 aromatic heterocycles. The minimum Gasteiger partial charge on any atom is -0.356 e. The number of nitrogens with one attached hydrogen (secondary N) is 1. The lowest BCUT2D eigenvalue weighted by Crippen LogP contribution is -2.55. The van der Waals surface area contributed by atoms with Gasteiger partial charge in [0.1, 0.15) is 0 Å². The molecule has 0 aromatic carbocycles. The van der Waals surface area contributed by atoms with E-state index >= 15 is 0 Å². The Morgan fingerprint density at radius 1 is 1.44 bits per heavy atom. The molecule has 16 heavy (non-hydrogen) atoms. The monoisotopic (exact) mass is 248 g/mol. The molecule has 1 heterocycles. The first kappa shape index (κ1) is 13.4. The maximum atomic E-state index is 11.5. The van der Waals surface area contributed by atoms with Gasteiger partial charge < -0.3 is 5.32 Å². The maximum absolute atomic E-state index is 11.5. The molecule has 1 rings (SSSR count). The minimum atomic E-state index is -3.11. The molecule has 1 aliphatic rings. The van der Waals surface area contributed by atoms with E-state index in [9.17, 15) is 13.2 Å². The third-order valence-electron chi connectivity index (χ3n) is 2.71. The lowest BCUT2D eigenvalue weighted by molar-refractivity contribution is -0.128. The summed E-state index contributed by atoms with van der Waals surface area (Å²) < 4.78 is 23.5. The van der Waals surface area contributed by atoms with Crippen molar-refractivity contribution >= 4 is 15.9 Å². The first-order valence-electron chi connectivity index (χ1n) is 5.53. The van der Waals surface area contributed by atoms with Crippen molar-refractivity contribution in [3.05, 3.63) is 0 Å². The summed E-state index contributed by atoms with van der Waals surface area (Å²) in [6, 6.07) is 0. The van der Waals surface area contributed by atoms with Crippen LogP contribution in [-0.2, 0) is 14.8 Å². The summed E-state index contributed by atoms with van der Waals surface area (Å²) in [6.45, 7) is 5.52. The first-order chi connectivity index (χ1) is 7.30. The summed E-state index contributed by atoms with van der Waals surface area (Å²) in [6.07, 6.45) is 2.12. The van der Waals surface area contributed by atoms with E-state index in [0.717, 1.165) is 6.42 Å². The van der Waals surface area contributed by atoms with Gasteiger partial charge in [-0.1, -0.05) is 13.8 Å². The van der Waals surface area contributed by atoms with Crippen LogP contribution in [0.2, 0.25) is 0 Å². The Morgan fingerprint density at radius 3 is 2.44 bits per heavy atom. The SMILES string of the molecule is CC(C)CCNC(=O)C1CN(S(C)(=O)=O)C1. The molecule has 1 aliphatic heterocycles. The number of hydrogen-bond acceptors (Lipinski definition) is 3. The zero-order chi connectivity index (χ0) is 12.3. The average Bonchev–Trinajstić information content (AvgIpc) is 1.96. The van der Waals surface area contributed by atoms with E-state index < -0.39 is 10.0 Å². The second-order valence-corrected chi connectivity index (χ2v) is 6.73. The van der Waals surface area contributed by atoms with Gasteiger partial charge in [-0.05, 0) is 12.3 Å². The molecule has 94 valence electrons. The summed E-state index contributed by atoms with van der Waals surface area (Å²) in [7, 11) is -3.11. The molecular formula is C10H20N2O3S. The zero-order valence-electron chi connectivity index (χ0n) is 10.1. The van der Waals surface area contributed by atoms with Gasteiger partial charge in [-0.25, -0.2) is 12.7 Å². The highest BCUT2D eigenvalue weighted by Gasteiger charge is 2.37. The van der Waals surface area contributed by atoms with Crippen molar-refractivity contribution in [2.45, 2.75) is 20.3 Å². The van der Waals surface area contributed by atoms with Crippen molar-refractivity contribution in [3.63, 3.8) is 0 Å². The summed E-state index contributed by atoms with van der Waals surface area (Å²) in [4.78, 5) is 11.5. The van der Waals surface area contributed by atoms with Crippen LogP contribution >= 0.6 is 0 Å². The van der Waals surface area contributed by atoms with Crippen LogP contribution in [0.5, 0.6) is 0 Å². The van der Waals surface area contributed by atoms with Crippen LogP contribution < -0.4 is 5.32 Å². The molecule has 1 amide bonds. The third kappa shape index (κ3) is 3.75. The number of carbonyl (C=O) groups excluding carboxylic acids is 1. The maximum Gasteiger partial charge on any atom is 0.225 e. The van der Waals surface area contributed by atoms with Crippen LogP contribution in [0.4, 0.5) is 0 Å². The van der Waals surface area contributed by atoms with E-state index in [1.165, 1.54) is 10.6 Å². The van der Waals surface area contributed by atoms with Crippen LogP contribution in [0.1, 0.15) is 20.3 Å². The van der Waals surface area contributed by atoms with E-state index in [2.05, 4.69) is 19.2 Å². The summed E-state index contributed by atoms with van der Waals surface area (Å²) in [5.74, 6) is 0.372. The highest BCUT2D eigenvalue weighted by atomic mass is 32.2. The van der Waals surface area contributed by atoms with Gasteiger partial charge in [-0.15, -0.1) is 0 Å². The summed E-state index contributed by atoms with van der Waals surface area (Å²) in [5.41, 5.74) is 0. The Morgan fingerprint density at radius 2 is 2.00 bits per heavy atom. The van der Waals surface area contributed by atoms with Gasteiger partial charge in [0.15, 0.2) is 0 Å². The standard InChI is InChI=1S/C10H20N2O3S/c1-8(2)4-5-11-10(13)9-6-12(7-9)16(3,14)15/h8-9H,4-7H2,1-3H3,(H,11,13). The minimum absolute atomic E-state index is 0.0273. The first-order valence-corrected chi connectivity index (χ1v) is 7.38. The lowest BCUT2D eigenvalue weighted by atomic mass is 10.0.